The maximum absolute atomic E-state index is 10.7. The molecule has 0 saturated heterocycles. The molecule has 2 heterocycles. The summed E-state index contributed by atoms with van der Waals surface area (Å²) in [5.74, 6) is -0.644. The van der Waals surface area contributed by atoms with Gasteiger partial charge in [-0.25, -0.2) is 14.5 Å². The Kier molecular flexibility index (Phi) is 2.62. The van der Waals surface area contributed by atoms with Gasteiger partial charge in [-0.3, -0.25) is 0 Å². The molecule has 0 amide bonds. The van der Waals surface area contributed by atoms with E-state index in [1.54, 1.807) is 6.92 Å². The molecule has 7 heteroatoms. The average molecular weight is 232 g/mol. The second kappa shape index (κ2) is 4.09. The standard InChI is InChI=1S/C10H8N4O3/c1-6-7(2-8(17-6)10(15)16)4-14-5-12-9(3-11)13-14/h2,5H,4H2,1H3,(H,15,16). The van der Waals surface area contributed by atoms with Crippen LogP contribution in [0, 0.1) is 18.3 Å². The lowest BCUT2D eigenvalue weighted by Gasteiger charge is -1.96. The Hall–Kier alpha value is -2.62. The average Bonchev–Trinajstić information content (AvgIpc) is 2.87. The van der Waals surface area contributed by atoms with Gasteiger partial charge in [0.15, 0.2) is 0 Å². The highest BCUT2D eigenvalue weighted by molar-refractivity contribution is 5.84. The molecule has 0 aliphatic rings. The molecular formula is C10H8N4O3. The molecule has 2 aromatic heterocycles. The van der Waals surface area contributed by atoms with E-state index in [2.05, 4.69) is 10.1 Å². The van der Waals surface area contributed by atoms with Gasteiger partial charge in [0.25, 0.3) is 5.82 Å². The number of hydrogen-bond acceptors (Lipinski definition) is 5. The Balaban J connectivity index is 2.24. The maximum atomic E-state index is 10.7. The van der Waals surface area contributed by atoms with Crippen molar-refractivity contribution in [1.82, 2.24) is 14.8 Å². The van der Waals surface area contributed by atoms with Crippen LogP contribution >= 0.6 is 0 Å². The van der Waals surface area contributed by atoms with Gasteiger partial charge in [-0.05, 0) is 13.0 Å². The van der Waals surface area contributed by atoms with Gasteiger partial charge in [-0.2, -0.15) is 5.26 Å². The molecule has 7 nitrogen and oxygen atoms in total. The predicted molar refractivity (Wildman–Crippen MR) is 54.2 cm³/mol. The van der Waals surface area contributed by atoms with Crippen molar-refractivity contribution < 1.29 is 14.3 Å². The molecular weight excluding hydrogens is 224 g/mol. The van der Waals surface area contributed by atoms with Gasteiger partial charge in [0.05, 0.1) is 6.54 Å². The lowest BCUT2D eigenvalue weighted by Crippen LogP contribution is -2.00. The maximum Gasteiger partial charge on any atom is 0.371 e. The third kappa shape index (κ3) is 2.15. The summed E-state index contributed by atoms with van der Waals surface area (Å²) in [7, 11) is 0. The van der Waals surface area contributed by atoms with Crippen molar-refractivity contribution in [1.29, 1.82) is 5.26 Å². The van der Waals surface area contributed by atoms with Gasteiger partial charge >= 0.3 is 5.97 Å². The van der Waals surface area contributed by atoms with Crippen LogP contribution in [0.4, 0.5) is 0 Å². The molecule has 1 N–H and O–H groups in total. The SMILES string of the molecule is Cc1oc(C(=O)O)cc1Cn1cnc(C#N)n1. The summed E-state index contributed by atoms with van der Waals surface area (Å²) in [6.07, 6.45) is 1.41. The number of aromatic nitrogens is 3. The van der Waals surface area contributed by atoms with Crippen molar-refractivity contribution in [2.24, 2.45) is 0 Å². The number of hydrogen-bond donors (Lipinski definition) is 1. The van der Waals surface area contributed by atoms with E-state index in [-0.39, 0.29) is 11.6 Å². The molecule has 2 rings (SSSR count). The van der Waals surface area contributed by atoms with Crippen LogP contribution in [0.2, 0.25) is 0 Å². The van der Waals surface area contributed by atoms with Crippen LogP contribution in [-0.4, -0.2) is 25.8 Å². The number of rotatable bonds is 3. The zero-order valence-electron chi connectivity index (χ0n) is 8.91. The fourth-order valence-corrected chi connectivity index (χ4v) is 1.38. The normalized spacial score (nSPS) is 10.1. The van der Waals surface area contributed by atoms with Crippen LogP contribution in [0.1, 0.15) is 27.7 Å². The van der Waals surface area contributed by atoms with E-state index in [1.165, 1.54) is 17.1 Å². The van der Waals surface area contributed by atoms with Crippen molar-refractivity contribution in [3.05, 3.63) is 35.3 Å². The first-order valence-electron chi connectivity index (χ1n) is 4.72. The van der Waals surface area contributed by atoms with E-state index >= 15 is 0 Å². The molecule has 86 valence electrons. The van der Waals surface area contributed by atoms with Crippen molar-refractivity contribution in [3.8, 4) is 6.07 Å². The highest BCUT2D eigenvalue weighted by Gasteiger charge is 2.13. The number of nitriles is 1. The molecule has 0 bridgehead atoms. The Morgan fingerprint density at radius 2 is 2.47 bits per heavy atom. The van der Waals surface area contributed by atoms with E-state index in [1.807, 2.05) is 6.07 Å². The molecule has 17 heavy (non-hydrogen) atoms. The smallest absolute Gasteiger partial charge is 0.371 e. The van der Waals surface area contributed by atoms with E-state index in [0.29, 0.717) is 17.9 Å². The monoisotopic (exact) mass is 232 g/mol. The third-order valence-corrected chi connectivity index (χ3v) is 2.20. The molecule has 0 fully saturated rings. The summed E-state index contributed by atoms with van der Waals surface area (Å²) < 4.78 is 6.50. The van der Waals surface area contributed by atoms with Gasteiger partial charge in [-0.15, -0.1) is 5.10 Å². The lowest BCUT2D eigenvalue weighted by atomic mass is 10.2. The minimum absolute atomic E-state index is 0.0737. The van der Waals surface area contributed by atoms with Gasteiger partial charge in [0.1, 0.15) is 18.2 Å². The first-order valence-corrected chi connectivity index (χ1v) is 4.72. The number of carbonyl (C=O) groups is 1. The summed E-state index contributed by atoms with van der Waals surface area (Å²) in [5.41, 5.74) is 0.691. The Bertz CT molecular complexity index is 605. The number of aromatic carboxylic acids is 1. The van der Waals surface area contributed by atoms with Gasteiger partial charge in [0.2, 0.25) is 5.76 Å². The Morgan fingerprint density at radius 3 is 3.00 bits per heavy atom. The van der Waals surface area contributed by atoms with Crippen molar-refractivity contribution in [2.45, 2.75) is 13.5 Å². The van der Waals surface area contributed by atoms with Crippen LogP contribution in [0.25, 0.3) is 0 Å². The zero-order valence-corrected chi connectivity index (χ0v) is 8.91. The lowest BCUT2D eigenvalue weighted by molar-refractivity contribution is 0.0661. The van der Waals surface area contributed by atoms with E-state index in [9.17, 15) is 4.79 Å². The topological polar surface area (TPSA) is 105 Å². The quantitative estimate of drug-likeness (QED) is 0.838. The van der Waals surface area contributed by atoms with Crippen LogP contribution in [-0.2, 0) is 6.54 Å². The molecule has 0 atom stereocenters. The minimum atomic E-state index is -1.12. The highest BCUT2D eigenvalue weighted by atomic mass is 16.4. The molecule has 0 unspecified atom stereocenters. The molecule has 0 saturated carbocycles. The molecule has 2 aromatic rings. The van der Waals surface area contributed by atoms with Crippen LogP contribution in [0.5, 0.6) is 0 Å². The highest BCUT2D eigenvalue weighted by Crippen LogP contribution is 2.15. The molecule has 0 aromatic carbocycles. The largest absolute Gasteiger partial charge is 0.475 e. The second-order valence-corrected chi connectivity index (χ2v) is 3.37. The van der Waals surface area contributed by atoms with E-state index in [0.717, 1.165) is 0 Å². The molecule has 0 aliphatic carbocycles. The fraction of sp³-hybridized carbons (Fsp3) is 0.200. The Labute approximate surface area is 95.9 Å². The minimum Gasteiger partial charge on any atom is -0.475 e. The first kappa shape index (κ1) is 10.9. The molecule has 0 radical (unpaired) electrons. The zero-order chi connectivity index (χ0) is 12.4. The number of aryl methyl sites for hydroxylation is 1. The van der Waals surface area contributed by atoms with Crippen molar-refractivity contribution in [2.75, 3.05) is 0 Å². The second-order valence-electron chi connectivity index (χ2n) is 3.37. The van der Waals surface area contributed by atoms with Gasteiger partial charge < -0.3 is 9.52 Å². The van der Waals surface area contributed by atoms with Crippen LogP contribution in [0.3, 0.4) is 0 Å². The van der Waals surface area contributed by atoms with Gasteiger partial charge in [0, 0.05) is 5.56 Å². The van der Waals surface area contributed by atoms with Crippen molar-refractivity contribution >= 4 is 5.97 Å². The first-order chi connectivity index (χ1) is 8.10. The predicted octanol–water partition coefficient (Wildman–Crippen LogP) is 0.798. The molecule has 0 spiro atoms. The fourth-order valence-electron chi connectivity index (χ4n) is 1.38. The number of nitrogens with zero attached hydrogens (tertiary/aromatic N) is 4. The number of furan rings is 1. The van der Waals surface area contributed by atoms with Crippen LogP contribution < -0.4 is 0 Å². The Morgan fingerprint density at radius 1 is 1.71 bits per heavy atom. The summed E-state index contributed by atoms with van der Waals surface area (Å²) in [5, 5.41) is 21.2. The van der Waals surface area contributed by atoms with Gasteiger partial charge in [-0.1, -0.05) is 0 Å². The van der Waals surface area contributed by atoms with E-state index in [4.69, 9.17) is 14.8 Å². The summed E-state index contributed by atoms with van der Waals surface area (Å²) in [6, 6.07) is 3.25. The van der Waals surface area contributed by atoms with E-state index < -0.39 is 5.97 Å². The molecule has 0 aliphatic heterocycles. The van der Waals surface area contributed by atoms with Crippen LogP contribution in [0.15, 0.2) is 16.8 Å². The third-order valence-electron chi connectivity index (χ3n) is 2.20. The number of carboxylic acid groups (broad SMARTS) is 1. The summed E-state index contributed by atoms with van der Waals surface area (Å²) >= 11 is 0. The summed E-state index contributed by atoms with van der Waals surface area (Å²) in [6.45, 7) is 1.99. The van der Waals surface area contributed by atoms with Crippen molar-refractivity contribution in [3.63, 3.8) is 0 Å². The summed E-state index contributed by atoms with van der Waals surface area (Å²) in [4.78, 5) is 14.4. The number of carboxylic acids is 1.